The van der Waals surface area contributed by atoms with Gasteiger partial charge in [-0.25, -0.2) is 0 Å². The van der Waals surface area contributed by atoms with Crippen molar-refractivity contribution in [3.63, 3.8) is 0 Å². The van der Waals surface area contributed by atoms with Crippen LogP contribution >= 0.6 is 15.9 Å². The Balaban J connectivity index is 2.08. The molecule has 3 atom stereocenters. The van der Waals surface area contributed by atoms with Crippen LogP contribution in [0.4, 0.5) is 0 Å². The van der Waals surface area contributed by atoms with E-state index in [1.807, 2.05) is 6.92 Å². The third-order valence-corrected chi connectivity index (χ3v) is 3.29. The minimum atomic E-state index is -0.159. The SMILES string of the molecule is C[C@@H](O)[C@H]1C[C@@H]1c1ccc(Br)cc1. The molecule has 0 aliphatic heterocycles. The molecule has 1 aliphatic rings. The lowest BCUT2D eigenvalue weighted by atomic mass is 10.1. The minimum Gasteiger partial charge on any atom is -0.393 e. The summed E-state index contributed by atoms with van der Waals surface area (Å²) < 4.78 is 1.12. The first kappa shape index (κ1) is 9.22. The lowest BCUT2D eigenvalue weighted by Crippen LogP contribution is -2.03. The van der Waals surface area contributed by atoms with Gasteiger partial charge in [-0.15, -0.1) is 0 Å². The molecular weight excluding hydrogens is 228 g/mol. The third-order valence-electron chi connectivity index (χ3n) is 2.76. The molecule has 1 aromatic carbocycles. The van der Waals surface area contributed by atoms with Gasteiger partial charge in [0.05, 0.1) is 6.10 Å². The highest BCUT2D eigenvalue weighted by atomic mass is 79.9. The number of aliphatic hydroxyl groups is 1. The standard InChI is InChI=1S/C11H13BrO/c1-7(13)10-6-11(10)8-2-4-9(12)5-3-8/h2-5,7,10-11,13H,6H2,1H3/t7-,10-,11-/m1/s1. The van der Waals surface area contributed by atoms with Crippen molar-refractivity contribution in [1.82, 2.24) is 0 Å². The lowest BCUT2D eigenvalue weighted by Gasteiger charge is -2.02. The van der Waals surface area contributed by atoms with Crippen LogP contribution in [0.3, 0.4) is 0 Å². The summed E-state index contributed by atoms with van der Waals surface area (Å²) in [5.41, 5.74) is 1.36. The molecule has 1 fully saturated rings. The zero-order valence-corrected chi connectivity index (χ0v) is 9.16. The van der Waals surface area contributed by atoms with Gasteiger partial charge in [0.25, 0.3) is 0 Å². The van der Waals surface area contributed by atoms with Gasteiger partial charge in [0, 0.05) is 4.47 Å². The summed E-state index contributed by atoms with van der Waals surface area (Å²) in [7, 11) is 0. The van der Waals surface area contributed by atoms with Crippen molar-refractivity contribution >= 4 is 15.9 Å². The van der Waals surface area contributed by atoms with Crippen molar-refractivity contribution in [2.24, 2.45) is 5.92 Å². The Morgan fingerprint density at radius 2 is 2.00 bits per heavy atom. The Morgan fingerprint density at radius 1 is 1.38 bits per heavy atom. The zero-order chi connectivity index (χ0) is 9.42. The number of hydrogen-bond acceptors (Lipinski definition) is 1. The van der Waals surface area contributed by atoms with Gasteiger partial charge in [-0.1, -0.05) is 28.1 Å². The van der Waals surface area contributed by atoms with Gasteiger partial charge in [-0.05, 0) is 42.9 Å². The van der Waals surface area contributed by atoms with Crippen LogP contribution in [0, 0.1) is 5.92 Å². The van der Waals surface area contributed by atoms with E-state index in [-0.39, 0.29) is 6.10 Å². The molecule has 2 heteroatoms. The predicted molar refractivity (Wildman–Crippen MR) is 56.7 cm³/mol. The molecule has 0 saturated heterocycles. The molecule has 1 aromatic rings. The van der Waals surface area contributed by atoms with E-state index in [9.17, 15) is 5.11 Å². The van der Waals surface area contributed by atoms with Crippen LogP contribution in [0.2, 0.25) is 0 Å². The minimum absolute atomic E-state index is 0.159. The predicted octanol–water partition coefficient (Wildman–Crippen LogP) is 2.93. The number of benzene rings is 1. The lowest BCUT2D eigenvalue weighted by molar-refractivity contribution is 0.169. The van der Waals surface area contributed by atoms with Gasteiger partial charge >= 0.3 is 0 Å². The first-order valence-corrected chi connectivity index (χ1v) is 5.41. The van der Waals surface area contributed by atoms with Gasteiger partial charge in [0.15, 0.2) is 0 Å². The highest BCUT2D eigenvalue weighted by Gasteiger charge is 2.41. The molecule has 0 radical (unpaired) electrons. The summed E-state index contributed by atoms with van der Waals surface area (Å²) in [6.45, 7) is 1.88. The molecule has 0 bridgehead atoms. The van der Waals surface area contributed by atoms with Crippen molar-refractivity contribution < 1.29 is 5.11 Å². The van der Waals surface area contributed by atoms with Gasteiger partial charge in [-0.2, -0.15) is 0 Å². The topological polar surface area (TPSA) is 20.2 Å². The van der Waals surface area contributed by atoms with Crippen LogP contribution in [0.15, 0.2) is 28.7 Å². The van der Waals surface area contributed by atoms with Gasteiger partial charge in [0.2, 0.25) is 0 Å². The molecule has 70 valence electrons. The van der Waals surface area contributed by atoms with Gasteiger partial charge in [-0.3, -0.25) is 0 Å². The van der Waals surface area contributed by atoms with Crippen LogP contribution in [-0.2, 0) is 0 Å². The van der Waals surface area contributed by atoms with E-state index in [1.54, 1.807) is 0 Å². The second-order valence-electron chi connectivity index (χ2n) is 3.80. The van der Waals surface area contributed by atoms with Crippen molar-refractivity contribution in [1.29, 1.82) is 0 Å². The van der Waals surface area contributed by atoms with Crippen molar-refractivity contribution in [3.8, 4) is 0 Å². The van der Waals surface area contributed by atoms with Crippen molar-refractivity contribution in [2.45, 2.75) is 25.4 Å². The maximum Gasteiger partial charge on any atom is 0.0546 e. The average Bonchev–Trinajstić information content (AvgIpc) is 2.85. The quantitative estimate of drug-likeness (QED) is 0.843. The summed E-state index contributed by atoms with van der Waals surface area (Å²) >= 11 is 3.41. The van der Waals surface area contributed by atoms with E-state index in [4.69, 9.17) is 0 Å². The van der Waals surface area contributed by atoms with Crippen molar-refractivity contribution in [3.05, 3.63) is 34.3 Å². The van der Waals surface area contributed by atoms with E-state index in [2.05, 4.69) is 40.2 Å². The first-order chi connectivity index (χ1) is 6.18. The highest BCUT2D eigenvalue weighted by molar-refractivity contribution is 9.10. The molecule has 0 amide bonds. The molecule has 1 nitrogen and oxygen atoms in total. The fraction of sp³-hybridized carbons (Fsp3) is 0.455. The largest absolute Gasteiger partial charge is 0.393 e. The normalized spacial score (nSPS) is 28.5. The fourth-order valence-electron chi connectivity index (χ4n) is 1.84. The molecule has 13 heavy (non-hydrogen) atoms. The first-order valence-electron chi connectivity index (χ1n) is 4.62. The average molecular weight is 241 g/mol. The molecule has 1 aliphatic carbocycles. The summed E-state index contributed by atoms with van der Waals surface area (Å²) in [5, 5.41) is 9.37. The van der Waals surface area contributed by atoms with E-state index < -0.39 is 0 Å². The number of halogens is 1. The zero-order valence-electron chi connectivity index (χ0n) is 7.57. The van der Waals surface area contributed by atoms with E-state index >= 15 is 0 Å². The van der Waals surface area contributed by atoms with E-state index in [1.165, 1.54) is 5.56 Å². The smallest absolute Gasteiger partial charge is 0.0546 e. The number of hydrogen-bond donors (Lipinski definition) is 1. The Hall–Kier alpha value is -0.340. The molecule has 0 aromatic heterocycles. The monoisotopic (exact) mass is 240 g/mol. The molecule has 0 heterocycles. The molecule has 0 unspecified atom stereocenters. The van der Waals surface area contributed by atoms with E-state index in [0.717, 1.165) is 10.9 Å². The van der Waals surface area contributed by atoms with E-state index in [0.29, 0.717) is 11.8 Å². The van der Waals surface area contributed by atoms with Crippen LogP contribution in [0.1, 0.15) is 24.8 Å². The van der Waals surface area contributed by atoms with Crippen LogP contribution < -0.4 is 0 Å². The fourth-order valence-corrected chi connectivity index (χ4v) is 2.11. The number of rotatable bonds is 2. The molecule has 1 N–H and O–H groups in total. The Kier molecular flexibility index (Phi) is 2.43. The molecule has 1 saturated carbocycles. The van der Waals surface area contributed by atoms with Crippen LogP contribution in [0.25, 0.3) is 0 Å². The highest BCUT2D eigenvalue weighted by Crippen LogP contribution is 2.49. The molecule has 2 rings (SSSR count). The summed E-state index contributed by atoms with van der Waals surface area (Å²) in [6, 6.07) is 8.40. The Bertz CT molecular complexity index is 291. The third kappa shape index (κ3) is 1.94. The molecule has 0 spiro atoms. The summed E-state index contributed by atoms with van der Waals surface area (Å²) in [4.78, 5) is 0. The Morgan fingerprint density at radius 3 is 2.46 bits per heavy atom. The second-order valence-corrected chi connectivity index (χ2v) is 4.71. The van der Waals surface area contributed by atoms with Gasteiger partial charge in [0.1, 0.15) is 0 Å². The maximum atomic E-state index is 9.37. The van der Waals surface area contributed by atoms with Crippen molar-refractivity contribution in [2.75, 3.05) is 0 Å². The van der Waals surface area contributed by atoms with Crippen LogP contribution in [-0.4, -0.2) is 11.2 Å². The maximum absolute atomic E-state index is 9.37. The van der Waals surface area contributed by atoms with Gasteiger partial charge < -0.3 is 5.11 Å². The van der Waals surface area contributed by atoms with Crippen LogP contribution in [0.5, 0.6) is 0 Å². The second kappa shape index (κ2) is 3.43. The summed E-state index contributed by atoms with van der Waals surface area (Å²) in [5.74, 6) is 1.08. The number of aliphatic hydroxyl groups excluding tert-OH is 1. The molecular formula is C11H13BrO. The summed E-state index contributed by atoms with van der Waals surface area (Å²) in [6.07, 6.45) is 0.980. The Labute approximate surface area is 86.9 Å².